The Hall–Kier alpha value is -3.82. The largest absolute Gasteiger partial charge is 0.496 e. The van der Waals surface area contributed by atoms with Crippen molar-refractivity contribution in [1.82, 2.24) is 0 Å². The number of esters is 1. The van der Waals surface area contributed by atoms with Crippen molar-refractivity contribution >= 4 is 23.3 Å². The van der Waals surface area contributed by atoms with Crippen LogP contribution in [-0.2, 0) is 14.3 Å². The number of aryl methyl sites for hydroxylation is 1. The minimum atomic E-state index is -0.785. The molecule has 2 aromatic carbocycles. The highest BCUT2D eigenvalue weighted by molar-refractivity contribution is 5.95. The maximum Gasteiger partial charge on any atom is 0.344 e. The lowest BCUT2D eigenvalue weighted by atomic mass is 10.2. The van der Waals surface area contributed by atoms with Gasteiger partial charge in [-0.1, -0.05) is 6.07 Å². The van der Waals surface area contributed by atoms with Gasteiger partial charge >= 0.3 is 5.97 Å². The second-order valence-electron chi connectivity index (χ2n) is 5.79. The van der Waals surface area contributed by atoms with Crippen molar-refractivity contribution in [3.8, 4) is 17.2 Å². The number of carbonyl (C=O) groups excluding carboxylic acids is 2. The fourth-order valence-corrected chi connectivity index (χ4v) is 2.30. The summed E-state index contributed by atoms with van der Waals surface area (Å²) in [5, 5.41) is 13.4. The SMILES string of the molecule is COc1ccc(NC(=O)COC(=O)COc2ccc(C)cc2OC)c([N+](=O)[O-])c1. The smallest absolute Gasteiger partial charge is 0.344 e. The third kappa shape index (κ3) is 6.09. The molecular weight excluding hydrogens is 384 g/mol. The van der Waals surface area contributed by atoms with Crippen molar-refractivity contribution in [1.29, 1.82) is 0 Å². The molecule has 2 aromatic rings. The lowest BCUT2D eigenvalue weighted by Crippen LogP contribution is -2.24. The van der Waals surface area contributed by atoms with Crippen LogP contribution in [0, 0.1) is 17.0 Å². The first-order chi connectivity index (χ1) is 13.8. The van der Waals surface area contributed by atoms with Gasteiger partial charge in [-0.25, -0.2) is 4.79 Å². The molecule has 0 spiro atoms. The van der Waals surface area contributed by atoms with Crippen LogP contribution in [0.3, 0.4) is 0 Å². The minimum absolute atomic E-state index is 0.0440. The highest BCUT2D eigenvalue weighted by Gasteiger charge is 2.18. The van der Waals surface area contributed by atoms with E-state index in [1.165, 1.54) is 32.4 Å². The molecule has 0 bridgehead atoms. The van der Waals surface area contributed by atoms with Gasteiger partial charge in [0.25, 0.3) is 11.6 Å². The fraction of sp³-hybridized carbons (Fsp3) is 0.263. The van der Waals surface area contributed by atoms with Gasteiger partial charge in [0.15, 0.2) is 24.7 Å². The predicted molar refractivity (Wildman–Crippen MR) is 102 cm³/mol. The second-order valence-corrected chi connectivity index (χ2v) is 5.79. The third-order valence-corrected chi connectivity index (χ3v) is 3.70. The maximum atomic E-state index is 12.0. The number of benzene rings is 2. The summed E-state index contributed by atoms with van der Waals surface area (Å²) in [5.74, 6) is -0.438. The quantitative estimate of drug-likeness (QED) is 0.384. The molecule has 10 nitrogen and oxygen atoms in total. The number of rotatable bonds is 9. The van der Waals surface area contributed by atoms with Gasteiger partial charge in [0.1, 0.15) is 11.4 Å². The van der Waals surface area contributed by atoms with Gasteiger partial charge in [-0.3, -0.25) is 14.9 Å². The molecule has 1 N–H and O–H groups in total. The third-order valence-electron chi connectivity index (χ3n) is 3.70. The monoisotopic (exact) mass is 404 g/mol. The molecule has 0 fully saturated rings. The van der Waals surface area contributed by atoms with Crippen LogP contribution in [0.15, 0.2) is 36.4 Å². The van der Waals surface area contributed by atoms with Crippen LogP contribution in [0.1, 0.15) is 5.56 Å². The zero-order valence-electron chi connectivity index (χ0n) is 16.1. The molecule has 1 amide bonds. The van der Waals surface area contributed by atoms with Crippen molar-refractivity contribution in [2.45, 2.75) is 6.92 Å². The Morgan fingerprint density at radius 3 is 2.45 bits per heavy atom. The van der Waals surface area contributed by atoms with E-state index < -0.39 is 30.0 Å². The second kappa shape index (κ2) is 9.93. The van der Waals surface area contributed by atoms with Crippen LogP contribution in [0.2, 0.25) is 0 Å². The summed E-state index contributed by atoms with van der Waals surface area (Å²) in [7, 11) is 2.84. The van der Waals surface area contributed by atoms with Crippen molar-refractivity contribution in [2.75, 3.05) is 32.8 Å². The number of nitro benzene ring substituents is 1. The van der Waals surface area contributed by atoms with Crippen LogP contribution in [-0.4, -0.2) is 44.2 Å². The number of nitrogens with one attached hydrogen (secondary N) is 1. The van der Waals surface area contributed by atoms with E-state index in [9.17, 15) is 19.7 Å². The summed E-state index contributed by atoms with van der Waals surface area (Å²) < 4.78 is 20.3. The summed E-state index contributed by atoms with van der Waals surface area (Å²) in [5.41, 5.74) is 0.567. The van der Waals surface area contributed by atoms with Crippen LogP contribution in [0.4, 0.5) is 11.4 Å². The summed E-state index contributed by atoms with van der Waals surface area (Å²) in [6.45, 7) is 0.818. The van der Waals surface area contributed by atoms with Crippen molar-refractivity contribution in [3.05, 3.63) is 52.1 Å². The van der Waals surface area contributed by atoms with Gasteiger partial charge in [-0.2, -0.15) is 0 Å². The molecule has 2 rings (SSSR count). The average molecular weight is 404 g/mol. The van der Waals surface area contributed by atoms with E-state index in [4.69, 9.17) is 18.9 Å². The van der Waals surface area contributed by atoms with Gasteiger partial charge in [0.05, 0.1) is 25.2 Å². The molecule has 10 heteroatoms. The number of nitro groups is 1. The molecule has 0 unspecified atom stereocenters. The summed E-state index contributed by atoms with van der Waals surface area (Å²) >= 11 is 0. The van der Waals surface area contributed by atoms with E-state index in [1.807, 2.05) is 6.92 Å². The number of hydrogen-bond acceptors (Lipinski definition) is 8. The zero-order chi connectivity index (χ0) is 21.4. The Morgan fingerprint density at radius 1 is 1.03 bits per heavy atom. The predicted octanol–water partition coefficient (Wildman–Crippen LogP) is 2.48. The highest BCUT2D eigenvalue weighted by atomic mass is 16.6. The van der Waals surface area contributed by atoms with Crippen LogP contribution in [0.5, 0.6) is 17.2 Å². The van der Waals surface area contributed by atoms with E-state index >= 15 is 0 Å². The normalized spacial score (nSPS) is 10.0. The summed E-state index contributed by atoms with van der Waals surface area (Å²) in [6.07, 6.45) is 0. The number of methoxy groups -OCH3 is 2. The number of hydrogen-bond donors (Lipinski definition) is 1. The first-order valence-corrected chi connectivity index (χ1v) is 8.39. The Kier molecular flexibility index (Phi) is 7.35. The van der Waals surface area contributed by atoms with E-state index in [0.717, 1.165) is 5.56 Å². The molecule has 0 heterocycles. The number of nitrogens with zero attached hydrogens (tertiary/aromatic N) is 1. The number of ether oxygens (including phenoxy) is 4. The Bertz CT molecular complexity index is 913. The van der Waals surface area contributed by atoms with Crippen LogP contribution < -0.4 is 19.5 Å². The molecule has 0 saturated heterocycles. The molecule has 29 heavy (non-hydrogen) atoms. The highest BCUT2D eigenvalue weighted by Crippen LogP contribution is 2.29. The molecule has 0 aromatic heterocycles. The molecule has 154 valence electrons. The molecule has 0 aliphatic heterocycles. The zero-order valence-corrected chi connectivity index (χ0v) is 16.1. The molecule has 0 saturated carbocycles. The Morgan fingerprint density at radius 2 is 1.79 bits per heavy atom. The first-order valence-electron chi connectivity index (χ1n) is 8.39. The van der Waals surface area contributed by atoms with E-state index in [1.54, 1.807) is 18.2 Å². The Balaban J connectivity index is 1.88. The molecule has 0 aliphatic carbocycles. The fourth-order valence-electron chi connectivity index (χ4n) is 2.30. The van der Waals surface area contributed by atoms with Crippen molar-refractivity contribution in [3.63, 3.8) is 0 Å². The summed E-state index contributed by atoms with van der Waals surface area (Å²) in [4.78, 5) is 34.2. The van der Waals surface area contributed by atoms with E-state index in [-0.39, 0.29) is 17.1 Å². The van der Waals surface area contributed by atoms with Crippen LogP contribution in [0.25, 0.3) is 0 Å². The van der Waals surface area contributed by atoms with E-state index in [2.05, 4.69) is 5.32 Å². The van der Waals surface area contributed by atoms with Gasteiger partial charge in [-0.15, -0.1) is 0 Å². The lowest BCUT2D eigenvalue weighted by molar-refractivity contribution is -0.384. The topological polar surface area (TPSA) is 126 Å². The molecule has 0 aliphatic rings. The van der Waals surface area contributed by atoms with E-state index in [0.29, 0.717) is 11.5 Å². The molecule has 0 radical (unpaired) electrons. The average Bonchev–Trinajstić information content (AvgIpc) is 2.71. The van der Waals surface area contributed by atoms with Gasteiger partial charge in [0.2, 0.25) is 0 Å². The summed E-state index contributed by atoms with van der Waals surface area (Å²) in [6, 6.07) is 9.14. The first kappa shape index (κ1) is 21.5. The van der Waals surface area contributed by atoms with Crippen molar-refractivity contribution < 1.29 is 33.5 Å². The van der Waals surface area contributed by atoms with Crippen molar-refractivity contribution in [2.24, 2.45) is 0 Å². The Labute approximate surface area is 166 Å². The lowest BCUT2D eigenvalue weighted by Gasteiger charge is -2.11. The number of carbonyl (C=O) groups is 2. The molecule has 0 atom stereocenters. The minimum Gasteiger partial charge on any atom is -0.496 e. The van der Waals surface area contributed by atoms with Gasteiger partial charge < -0.3 is 24.3 Å². The van der Waals surface area contributed by atoms with Crippen LogP contribution >= 0.6 is 0 Å². The number of anilines is 1. The molecular formula is C19H20N2O8. The van der Waals surface area contributed by atoms with Gasteiger partial charge in [-0.05, 0) is 36.8 Å². The standard InChI is InChI=1S/C19H20N2O8/c1-12-4-7-16(17(8-12)27-3)28-11-19(23)29-10-18(22)20-14-6-5-13(26-2)9-15(14)21(24)25/h4-9H,10-11H2,1-3H3,(H,20,22). The van der Waals surface area contributed by atoms with Gasteiger partial charge in [0, 0.05) is 0 Å². The maximum absolute atomic E-state index is 12.0. The number of amides is 1.